The molecule has 1 aliphatic carbocycles. The van der Waals surface area contributed by atoms with Crippen LogP contribution in [0.3, 0.4) is 0 Å². The van der Waals surface area contributed by atoms with Crippen LogP contribution in [0.4, 0.5) is 0 Å². The number of rotatable bonds is 9. The standard InChI is InChI=1S/C23H34O3/c1-6-7-8-9-18-13-21(24)23(22(14-18)26-15-25-5)20-12-17(4)10-11-19(20)16(2)3/h12-14,19-20,24H,2,6-11,15H2,1,3-5H3. The molecule has 2 unspecified atom stereocenters. The molecule has 26 heavy (non-hydrogen) atoms. The Morgan fingerprint density at radius 3 is 2.73 bits per heavy atom. The van der Waals surface area contributed by atoms with E-state index in [1.807, 2.05) is 6.07 Å². The van der Waals surface area contributed by atoms with Gasteiger partial charge in [-0.25, -0.2) is 0 Å². The summed E-state index contributed by atoms with van der Waals surface area (Å²) in [6, 6.07) is 3.99. The zero-order valence-corrected chi connectivity index (χ0v) is 16.8. The number of hydrogen-bond donors (Lipinski definition) is 1. The molecular formula is C23H34O3. The van der Waals surface area contributed by atoms with E-state index in [-0.39, 0.29) is 12.7 Å². The number of unbranched alkanes of at least 4 members (excludes halogenated alkanes) is 2. The predicted octanol–water partition coefficient (Wildman–Crippen LogP) is 6.12. The molecule has 3 heteroatoms. The molecule has 2 rings (SSSR count). The molecule has 1 aromatic rings. The second-order valence-corrected chi connectivity index (χ2v) is 7.57. The molecule has 1 aliphatic rings. The summed E-state index contributed by atoms with van der Waals surface area (Å²) in [5.41, 5.74) is 4.50. The molecule has 144 valence electrons. The molecule has 0 saturated carbocycles. The van der Waals surface area contributed by atoms with Gasteiger partial charge in [0.2, 0.25) is 0 Å². The quantitative estimate of drug-likeness (QED) is 0.328. The van der Waals surface area contributed by atoms with Crippen molar-refractivity contribution in [1.29, 1.82) is 0 Å². The van der Waals surface area contributed by atoms with Crippen molar-refractivity contribution < 1.29 is 14.6 Å². The van der Waals surface area contributed by atoms with Crippen molar-refractivity contribution in [3.63, 3.8) is 0 Å². The molecule has 0 aliphatic heterocycles. The Hall–Kier alpha value is -1.74. The Balaban J connectivity index is 2.43. The highest BCUT2D eigenvalue weighted by atomic mass is 16.7. The minimum Gasteiger partial charge on any atom is -0.507 e. The van der Waals surface area contributed by atoms with Gasteiger partial charge in [-0.05, 0) is 63.1 Å². The van der Waals surface area contributed by atoms with E-state index in [4.69, 9.17) is 9.47 Å². The summed E-state index contributed by atoms with van der Waals surface area (Å²) in [5.74, 6) is 1.48. The summed E-state index contributed by atoms with van der Waals surface area (Å²) in [7, 11) is 1.62. The lowest BCUT2D eigenvalue weighted by Gasteiger charge is -2.32. The van der Waals surface area contributed by atoms with Gasteiger partial charge >= 0.3 is 0 Å². The van der Waals surface area contributed by atoms with Crippen molar-refractivity contribution >= 4 is 0 Å². The summed E-state index contributed by atoms with van der Waals surface area (Å²) in [4.78, 5) is 0. The van der Waals surface area contributed by atoms with Gasteiger partial charge in [-0.2, -0.15) is 0 Å². The number of benzene rings is 1. The van der Waals surface area contributed by atoms with Gasteiger partial charge in [0.15, 0.2) is 6.79 Å². The zero-order valence-electron chi connectivity index (χ0n) is 16.8. The molecule has 3 nitrogen and oxygen atoms in total. The first kappa shape index (κ1) is 20.6. The van der Waals surface area contributed by atoms with Gasteiger partial charge in [0.25, 0.3) is 0 Å². The number of phenolic OH excluding ortho intramolecular Hbond substituents is 1. The summed E-state index contributed by atoms with van der Waals surface area (Å²) in [5, 5.41) is 10.9. The average Bonchev–Trinajstić information content (AvgIpc) is 2.59. The Labute approximate surface area is 158 Å². The summed E-state index contributed by atoms with van der Waals surface area (Å²) < 4.78 is 11.0. The smallest absolute Gasteiger partial charge is 0.188 e. The van der Waals surface area contributed by atoms with Gasteiger partial charge in [-0.15, -0.1) is 0 Å². The molecule has 0 saturated heterocycles. The monoisotopic (exact) mass is 358 g/mol. The van der Waals surface area contributed by atoms with Crippen molar-refractivity contribution in [3.8, 4) is 11.5 Å². The number of ether oxygens (including phenoxy) is 2. The van der Waals surface area contributed by atoms with Gasteiger partial charge in [0, 0.05) is 18.6 Å². The number of allylic oxidation sites excluding steroid dienone is 3. The second kappa shape index (κ2) is 9.82. The lowest BCUT2D eigenvalue weighted by Crippen LogP contribution is -2.18. The first-order chi connectivity index (χ1) is 12.5. The average molecular weight is 359 g/mol. The van der Waals surface area contributed by atoms with Crippen LogP contribution in [-0.4, -0.2) is 19.0 Å². The van der Waals surface area contributed by atoms with Gasteiger partial charge in [-0.1, -0.05) is 43.6 Å². The van der Waals surface area contributed by atoms with Crippen molar-refractivity contribution in [2.75, 3.05) is 13.9 Å². The third kappa shape index (κ3) is 5.14. The van der Waals surface area contributed by atoms with E-state index in [1.165, 1.54) is 18.4 Å². The summed E-state index contributed by atoms with van der Waals surface area (Å²) in [6.45, 7) is 10.8. The molecule has 0 heterocycles. The van der Waals surface area contributed by atoms with Crippen LogP contribution in [0.25, 0.3) is 0 Å². The molecular weight excluding hydrogens is 324 g/mol. The van der Waals surface area contributed by atoms with Crippen molar-refractivity contribution in [2.24, 2.45) is 5.92 Å². The third-order valence-electron chi connectivity index (χ3n) is 5.29. The van der Waals surface area contributed by atoms with Crippen molar-refractivity contribution in [1.82, 2.24) is 0 Å². The minimum atomic E-state index is 0.0952. The summed E-state index contributed by atoms with van der Waals surface area (Å²) >= 11 is 0. The fourth-order valence-electron chi connectivity index (χ4n) is 3.87. The Bertz CT molecular complexity index is 645. The van der Waals surface area contributed by atoms with Crippen LogP contribution in [0.2, 0.25) is 0 Å². The fraction of sp³-hybridized carbons (Fsp3) is 0.565. The molecule has 1 N–H and O–H groups in total. The van der Waals surface area contributed by atoms with Gasteiger partial charge in [0.1, 0.15) is 11.5 Å². The van der Waals surface area contributed by atoms with Crippen molar-refractivity contribution in [3.05, 3.63) is 47.1 Å². The first-order valence-corrected chi connectivity index (χ1v) is 9.78. The number of aromatic hydroxyl groups is 1. The van der Waals surface area contributed by atoms with E-state index in [9.17, 15) is 5.11 Å². The van der Waals surface area contributed by atoms with Crippen LogP contribution in [0, 0.1) is 5.92 Å². The van der Waals surface area contributed by atoms with Crippen molar-refractivity contribution in [2.45, 2.75) is 65.2 Å². The van der Waals surface area contributed by atoms with Crippen LogP contribution in [0.1, 0.15) is 69.9 Å². The maximum absolute atomic E-state index is 10.9. The normalized spacial score (nSPS) is 19.9. The number of methoxy groups -OCH3 is 1. The molecule has 2 atom stereocenters. The van der Waals surface area contributed by atoms with Crippen LogP contribution < -0.4 is 4.74 Å². The molecule has 0 amide bonds. The van der Waals surface area contributed by atoms with Gasteiger partial charge in [0.05, 0.1) is 0 Å². The summed E-state index contributed by atoms with van der Waals surface area (Å²) in [6.07, 6.45) is 8.86. The Morgan fingerprint density at radius 1 is 1.31 bits per heavy atom. The lowest BCUT2D eigenvalue weighted by atomic mass is 9.73. The zero-order chi connectivity index (χ0) is 19.1. The molecule has 0 spiro atoms. The molecule has 0 bridgehead atoms. The van der Waals surface area contributed by atoms with E-state index in [0.717, 1.165) is 48.1 Å². The van der Waals surface area contributed by atoms with Crippen LogP contribution in [0.15, 0.2) is 35.9 Å². The molecule has 0 aromatic heterocycles. The molecule has 1 aromatic carbocycles. The number of aryl methyl sites for hydroxylation is 1. The topological polar surface area (TPSA) is 38.7 Å². The van der Waals surface area contributed by atoms with E-state index >= 15 is 0 Å². The Morgan fingerprint density at radius 2 is 2.08 bits per heavy atom. The van der Waals surface area contributed by atoms with Crippen LogP contribution in [-0.2, 0) is 11.2 Å². The third-order valence-corrected chi connectivity index (χ3v) is 5.29. The second-order valence-electron chi connectivity index (χ2n) is 7.57. The maximum atomic E-state index is 10.9. The first-order valence-electron chi connectivity index (χ1n) is 9.78. The van der Waals surface area contributed by atoms with E-state index < -0.39 is 0 Å². The highest BCUT2D eigenvalue weighted by molar-refractivity contribution is 5.52. The van der Waals surface area contributed by atoms with Crippen LogP contribution in [0.5, 0.6) is 11.5 Å². The lowest BCUT2D eigenvalue weighted by molar-refractivity contribution is 0.0498. The number of hydrogen-bond acceptors (Lipinski definition) is 3. The van der Waals surface area contributed by atoms with Crippen LogP contribution >= 0.6 is 0 Å². The molecule has 0 radical (unpaired) electrons. The van der Waals surface area contributed by atoms with E-state index in [1.54, 1.807) is 7.11 Å². The number of phenols is 1. The Kier molecular flexibility index (Phi) is 7.77. The van der Waals surface area contributed by atoms with Gasteiger partial charge in [-0.3, -0.25) is 0 Å². The van der Waals surface area contributed by atoms with E-state index in [0.29, 0.717) is 11.7 Å². The SMILES string of the molecule is C=C(C)C1CCC(C)=CC1c1c(O)cc(CCCCC)cc1OCOC. The van der Waals surface area contributed by atoms with E-state index in [2.05, 4.69) is 39.5 Å². The largest absolute Gasteiger partial charge is 0.507 e. The minimum absolute atomic E-state index is 0.0952. The highest BCUT2D eigenvalue weighted by Crippen LogP contribution is 2.46. The van der Waals surface area contributed by atoms with Gasteiger partial charge < -0.3 is 14.6 Å². The molecule has 0 fully saturated rings. The fourth-order valence-corrected chi connectivity index (χ4v) is 3.87. The highest BCUT2D eigenvalue weighted by Gasteiger charge is 2.30. The maximum Gasteiger partial charge on any atom is 0.188 e. The predicted molar refractivity (Wildman–Crippen MR) is 108 cm³/mol.